The number of halogens is 1. The SMILES string of the molecule is O=S(=O)(CCCCCl)C1CCCC1. The van der Waals surface area contributed by atoms with Crippen molar-refractivity contribution in [3.05, 3.63) is 0 Å². The van der Waals surface area contributed by atoms with E-state index in [1.54, 1.807) is 0 Å². The molecule has 0 bridgehead atoms. The Labute approximate surface area is 85.6 Å². The lowest BCUT2D eigenvalue weighted by molar-refractivity contribution is 0.576. The van der Waals surface area contributed by atoms with Crippen LogP contribution in [0.4, 0.5) is 0 Å². The molecule has 1 saturated carbocycles. The molecular formula is C9H17ClO2S. The Hall–Kier alpha value is 0.240. The highest BCUT2D eigenvalue weighted by Crippen LogP contribution is 2.25. The van der Waals surface area contributed by atoms with Crippen LogP contribution in [-0.4, -0.2) is 25.3 Å². The van der Waals surface area contributed by atoms with E-state index in [2.05, 4.69) is 0 Å². The van der Waals surface area contributed by atoms with Gasteiger partial charge in [0.1, 0.15) is 0 Å². The maximum atomic E-state index is 11.7. The van der Waals surface area contributed by atoms with Gasteiger partial charge in [0.2, 0.25) is 0 Å². The molecule has 0 N–H and O–H groups in total. The third-order valence-electron chi connectivity index (χ3n) is 2.62. The Morgan fingerprint density at radius 3 is 2.31 bits per heavy atom. The lowest BCUT2D eigenvalue weighted by atomic mass is 10.4. The van der Waals surface area contributed by atoms with Crippen LogP contribution in [0.5, 0.6) is 0 Å². The Bertz CT molecular complexity index is 230. The summed E-state index contributed by atoms with van der Waals surface area (Å²) in [6.45, 7) is 0. The van der Waals surface area contributed by atoms with E-state index >= 15 is 0 Å². The third kappa shape index (κ3) is 3.47. The van der Waals surface area contributed by atoms with Gasteiger partial charge in [0.25, 0.3) is 0 Å². The predicted octanol–water partition coefficient (Wildman–Crippen LogP) is 2.36. The van der Waals surface area contributed by atoms with Gasteiger partial charge in [-0.2, -0.15) is 0 Å². The minimum atomic E-state index is -2.79. The van der Waals surface area contributed by atoms with Crippen molar-refractivity contribution < 1.29 is 8.42 Å². The molecule has 0 aromatic carbocycles. The topological polar surface area (TPSA) is 34.1 Å². The highest BCUT2D eigenvalue weighted by Gasteiger charge is 2.27. The van der Waals surface area contributed by atoms with E-state index in [4.69, 9.17) is 11.6 Å². The largest absolute Gasteiger partial charge is 0.229 e. The fourth-order valence-corrected chi connectivity index (χ4v) is 3.99. The molecule has 1 aliphatic rings. The molecule has 0 saturated heterocycles. The number of hydrogen-bond acceptors (Lipinski definition) is 2. The fourth-order valence-electron chi connectivity index (χ4n) is 1.81. The van der Waals surface area contributed by atoms with Crippen LogP contribution in [-0.2, 0) is 9.84 Å². The molecule has 0 heterocycles. The first-order valence-corrected chi connectivity index (χ1v) is 7.19. The summed E-state index contributed by atoms with van der Waals surface area (Å²) in [5.74, 6) is 0.907. The number of unbranched alkanes of at least 4 members (excludes halogenated alkanes) is 1. The molecule has 0 spiro atoms. The zero-order valence-corrected chi connectivity index (χ0v) is 9.41. The summed E-state index contributed by atoms with van der Waals surface area (Å²) < 4.78 is 23.3. The zero-order valence-electron chi connectivity index (χ0n) is 7.84. The lowest BCUT2D eigenvalue weighted by Crippen LogP contribution is -2.20. The smallest absolute Gasteiger partial charge is 0.153 e. The molecule has 4 heteroatoms. The first-order valence-electron chi connectivity index (χ1n) is 4.94. The highest BCUT2D eigenvalue weighted by atomic mass is 35.5. The molecule has 13 heavy (non-hydrogen) atoms. The molecule has 0 atom stereocenters. The van der Waals surface area contributed by atoms with Gasteiger partial charge in [-0.1, -0.05) is 12.8 Å². The minimum absolute atomic E-state index is 0.0391. The zero-order chi connectivity index (χ0) is 9.73. The second kappa shape index (κ2) is 5.20. The van der Waals surface area contributed by atoms with E-state index in [0.717, 1.165) is 38.5 Å². The first kappa shape index (κ1) is 11.3. The summed E-state index contributed by atoms with van der Waals surface area (Å²) in [6, 6.07) is 0. The monoisotopic (exact) mass is 224 g/mol. The summed E-state index contributed by atoms with van der Waals surface area (Å²) in [5, 5.41) is -0.0391. The maximum Gasteiger partial charge on any atom is 0.153 e. The Kier molecular flexibility index (Phi) is 4.53. The van der Waals surface area contributed by atoms with Crippen LogP contribution in [0, 0.1) is 0 Å². The quantitative estimate of drug-likeness (QED) is 0.531. The minimum Gasteiger partial charge on any atom is -0.229 e. The van der Waals surface area contributed by atoms with E-state index in [9.17, 15) is 8.42 Å². The molecule has 0 aliphatic heterocycles. The second-order valence-electron chi connectivity index (χ2n) is 3.67. The van der Waals surface area contributed by atoms with Crippen molar-refractivity contribution in [2.24, 2.45) is 0 Å². The number of alkyl halides is 1. The summed E-state index contributed by atoms with van der Waals surface area (Å²) in [5.41, 5.74) is 0. The molecule has 2 nitrogen and oxygen atoms in total. The predicted molar refractivity (Wildman–Crippen MR) is 56.0 cm³/mol. The van der Waals surface area contributed by atoms with Crippen molar-refractivity contribution >= 4 is 21.4 Å². The summed E-state index contributed by atoms with van der Waals surface area (Å²) >= 11 is 5.50. The van der Waals surface area contributed by atoms with Gasteiger partial charge >= 0.3 is 0 Å². The molecule has 1 fully saturated rings. The van der Waals surface area contributed by atoms with Gasteiger partial charge < -0.3 is 0 Å². The molecule has 0 amide bonds. The molecule has 1 aliphatic carbocycles. The maximum absolute atomic E-state index is 11.7. The highest BCUT2D eigenvalue weighted by molar-refractivity contribution is 7.92. The lowest BCUT2D eigenvalue weighted by Gasteiger charge is -2.09. The summed E-state index contributed by atoms with van der Waals surface area (Å²) in [4.78, 5) is 0. The van der Waals surface area contributed by atoms with Gasteiger partial charge in [-0.15, -0.1) is 11.6 Å². The van der Waals surface area contributed by atoms with E-state index in [1.165, 1.54) is 0 Å². The second-order valence-corrected chi connectivity index (χ2v) is 6.45. The Morgan fingerprint density at radius 2 is 1.77 bits per heavy atom. The van der Waals surface area contributed by atoms with Crippen molar-refractivity contribution in [2.45, 2.75) is 43.8 Å². The molecular weight excluding hydrogens is 208 g/mol. The van der Waals surface area contributed by atoms with E-state index in [0.29, 0.717) is 11.6 Å². The van der Waals surface area contributed by atoms with Gasteiger partial charge in [0, 0.05) is 5.88 Å². The number of sulfone groups is 1. The molecule has 78 valence electrons. The van der Waals surface area contributed by atoms with Crippen LogP contribution in [0.25, 0.3) is 0 Å². The average Bonchev–Trinajstić information content (AvgIpc) is 2.56. The van der Waals surface area contributed by atoms with Crippen molar-refractivity contribution in [1.82, 2.24) is 0 Å². The van der Waals surface area contributed by atoms with E-state index in [-0.39, 0.29) is 5.25 Å². The van der Waals surface area contributed by atoms with Crippen molar-refractivity contribution in [3.8, 4) is 0 Å². The van der Waals surface area contributed by atoms with Crippen LogP contribution in [0.2, 0.25) is 0 Å². The molecule has 0 unspecified atom stereocenters. The van der Waals surface area contributed by atoms with Crippen LogP contribution in [0.15, 0.2) is 0 Å². The fraction of sp³-hybridized carbons (Fsp3) is 1.00. The molecule has 0 aromatic heterocycles. The van der Waals surface area contributed by atoms with Gasteiger partial charge in [-0.3, -0.25) is 0 Å². The molecule has 0 radical (unpaired) electrons. The van der Waals surface area contributed by atoms with Crippen LogP contribution >= 0.6 is 11.6 Å². The van der Waals surface area contributed by atoms with Gasteiger partial charge in [-0.25, -0.2) is 8.42 Å². The van der Waals surface area contributed by atoms with Crippen molar-refractivity contribution in [1.29, 1.82) is 0 Å². The van der Waals surface area contributed by atoms with Crippen LogP contribution < -0.4 is 0 Å². The third-order valence-corrected chi connectivity index (χ3v) is 5.23. The van der Waals surface area contributed by atoms with Crippen LogP contribution in [0.3, 0.4) is 0 Å². The summed E-state index contributed by atoms with van der Waals surface area (Å²) in [7, 11) is -2.79. The van der Waals surface area contributed by atoms with E-state index < -0.39 is 9.84 Å². The number of rotatable bonds is 5. The standard InChI is InChI=1S/C9H17ClO2S/c10-7-3-4-8-13(11,12)9-5-1-2-6-9/h9H,1-8H2. The Morgan fingerprint density at radius 1 is 1.15 bits per heavy atom. The van der Waals surface area contributed by atoms with Gasteiger partial charge in [0.05, 0.1) is 11.0 Å². The average molecular weight is 225 g/mol. The normalized spacial score (nSPS) is 19.5. The molecule has 0 aromatic rings. The van der Waals surface area contributed by atoms with Crippen molar-refractivity contribution in [3.63, 3.8) is 0 Å². The number of hydrogen-bond donors (Lipinski definition) is 0. The van der Waals surface area contributed by atoms with Gasteiger partial charge in [0.15, 0.2) is 9.84 Å². The molecule has 1 rings (SSSR count). The van der Waals surface area contributed by atoms with Gasteiger partial charge in [-0.05, 0) is 25.7 Å². The van der Waals surface area contributed by atoms with E-state index in [1.807, 2.05) is 0 Å². The Balaban J connectivity index is 2.36. The van der Waals surface area contributed by atoms with Crippen LogP contribution in [0.1, 0.15) is 38.5 Å². The summed E-state index contributed by atoms with van der Waals surface area (Å²) in [6.07, 6.45) is 5.46. The first-order chi connectivity index (χ1) is 6.17. The van der Waals surface area contributed by atoms with Crippen molar-refractivity contribution in [2.75, 3.05) is 11.6 Å².